The van der Waals surface area contributed by atoms with E-state index < -0.39 is 0 Å². The van der Waals surface area contributed by atoms with Gasteiger partial charge in [-0.15, -0.1) is 0 Å². The molecule has 0 N–H and O–H groups in total. The molecule has 0 aliphatic carbocycles. The van der Waals surface area contributed by atoms with Crippen LogP contribution in [0.3, 0.4) is 0 Å². The highest BCUT2D eigenvalue weighted by Gasteiger charge is 2.41. The Morgan fingerprint density at radius 1 is 0.852 bits per heavy atom. The third-order valence-corrected chi connectivity index (χ3v) is 5.13. The van der Waals surface area contributed by atoms with Gasteiger partial charge < -0.3 is 0 Å². The lowest BCUT2D eigenvalue weighted by Gasteiger charge is -2.28. The van der Waals surface area contributed by atoms with Gasteiger partial charge in [0, 0.05) is 12.5 Å². The van der Waals surface area contributed by atoms with Crippen LogP contribution in [0, 0.1) is 0 Å². The minimum atomic E-state index is -0.211. The van der Waals surface area contributed by atoms with Gasteiger partial charge in [-0.25, -0.2) is 0 Å². The molecular weight excluding hydrogens is 356 g/mol. The van der Waals surface area contributed by atoms with Crippen LogP contribution in [0.1, 0.15) is 35.7 Å². The van der Waals surface area contributed by atoms with Gasteiger partial charge in [-0.1, -0.05) is 84.4 Å². The highest BCUT2D eigenvalue weighted by molar-refractivity contribution is 6.34. The van der Waals surface area contributed by atoms with E-state index in [1.54, 1.807) is 11.8 Å². The van der Waals surface area contributed by atoms with Crippen LogP contribution in [0.5, 0.6) is 0 Å². The third kappa shape index (κ3) is 3.26. The van der Waals surface area contributed by atoms with Crippen molar-refractivity contribution in [3.05, 3.63) is 107 Å². The topological polar surface area (TPSA) is 32.7 Å². The molecule has 1 aliphatic heterocycles. The van der Waals surface area contributed by atoms with Gasteiger partial charge in [0.05, 0.1) is 11.1 Å². The van der Waals surface area contributed by atoms with Crippen molar-refractivity contribution < 1.29 is 4.79 Å². The van der Waals surface area contributed by atoms with E-state index in [9.17, 15) is 4.79 Å². The van der Waals surface area contributed by atoms with E-state index in [1.165, 1.54) is 0 Å². The van der Waals surface area contributed by atoms with Crippen LogP contribution in [0.15, 0.2) is 89.9 Å². The Bertz CT molecular complexity index is 986. The molecule has 27 heavy (non-hydrogen) atoms. The molecule has 0 aromatic heterocycles. The summed E-state index contributed by atoms with van der Waals surface area (Å²) in [6.07, 6.45) is 0. The van der Waals surface area contributed by atoms with E-state index in [1.807, 2.05) is 72.8 Å². The molecule has 4 rings (SSSR count). The summed E-state index contributed by atoms with van der Waals surface area (Å²) >= 11 is 6.44. The summed E-state index contributed by atoms with van der Waals surface area (Å²) < 4.78 is 0. The normalized spacial score (nSPS) is 19.0. The molecule has 0 saturated carbocycles. The van der Waals surface area contributed by atoms with Gasteiger partial charge in [0.2, 0.25) is 5.91 Å². The molecule has 0 spiro atoms. The zero-order valence-electron chi connectivity index (χ0n) is 14.9. The molecule has 0 saturated heterocycles. The fourth-order valence-corrected chi connectivity index (χ4v) is 3.83. The summed E-state index contributed by atoms with van der Waals surface area (Å²) in [7, 11) is 0. The Balaban J connectivity index is 1.91. The fourth-order valence-electron chi connectivity index (χ4n) is 3.61. The van der Waals surface area contributed by atoms with E-state index in [-0.39, 0.29) is 18.0 Å². The van der Waals surface area contributed by atoms with Crippen molar-refractivity contribution in [3.63, 3.8) is 0 Å². The molecule has 0 bridgehead atoms. The van der Waals surface area contributed by atoms with Crippen LogP contribution in [0.4, 0.5) is 0 Å². The molecular formula is C23H19ClN2O. The van der Waals surface area contributed by atoms with E-state index in [0.717, 1.165) is 16.7 Å². The largest absolute Gasteiger partial charge is 0.287 e. The third-order valence-electron chi connectivity index (χ3n) is 4.80. The smallest absolute Gasteiger partial charge is 0.225 e. The summed E-state index contributed by atoms with van der Waals surface area (Å²) in [5.41, 5.74) is 2.89. The van der Waals surface area contributed by atoms with Crippen molar-refractivity contribution in [3.8, 4) is 0 Å². The van der Waals surface area contributed by atoms with Crippen molar-refractivity contribution in [1.29, 1.82) is 0 Å². The Kier molecular flexibility index (Phi) is 4.78. The number of hydrogen-bond donors (Lipinski definition) is 0. The monoisotopic (exact) mass is 374 g/mol. The van der Waals surface area contributed by atoms with Gasteiger partial charge in [-0.3, -0.25) is 14.7 Å². The lowest BCUT2D eigenvalue weighted by Crippen LogP contribution is -2.36. The van der Waals surface area contributed by atoms with Crippen LogP contribution >= 0.6 is 11.6 Å². The number of hydrogen-bond acceptors (Lipinski definition) is 2. The first kappa shape index (κ1) is 17.5. The van der Waals surface area contributed by atoms with Crippen LogP contribution in [-0.2, 0) is 4.79 Å². The lowest BCUT2D eigenvalue weighted by atomic mass is 9.93. The van der Waals surface area contributed by atoms with Crippen molar-refractivity contribution in [1.82, 2.24) is 4.90 Å². The predicted octanol–water partition coefficient (Wildman–Crippen LogP) is 5.43. The molecule has 0 radical (unpaired) electrons. The Morgan fingerprint density at radius 3 is 2.00 bits per heavy atom. The second-order valence-electron chi connectivity index (χ2n) is 6.53. The van der Waals surface area contributed by atoms with Gasteiger partial charge in [0.1, 0.15) is 11.9 Å². The van der Waals surface area contributed by atoms with Crippen molar-refractivity contribution in [2.45, 2.75) is 19.0 Å². The first-order valence-corrected chi connectivity index (χ1v) is 9.27. The standard InChI is InChI=1S/C23H19ClN2O/c1-16(27)26-22(18-12-6-3-7-13-18)21(17-10-4-2-5-11-17)25-23(26)19-14-8-9-15-20(19)24/h2-15,21-22H,1H3/t21-,22-/m0/s1. The lowest BCUT2D eigenvalue weighted by molar-refractivity contribution is -0.126. The van der Waals surface area contributed by atoms with Crippen LogP contribution in [-0.4, -0.2) is 16.6 Å². The molecule has 4 heteroatoms. The highest BCUT2D eigenvalue weighted by Crippen LogP contribution is 2.43. The second kappa shape index (κ2) is 7.37. The molecule has 1 heterocycles. The van der Waals surface area contributed by atoms with E-state index >= 15 is 0 Å². The summed E-state index contributed by atoms with van der Waals surface area (Å²) in [6, 6.07) is 27.3. The summed E-state index contributed by atoms with van der Waals surface area (Å²) in [5, 5.41) is 0.586. The van der Waals surface area contributed by atoms with E-state index in [4.69, 9.17) is 16.6 Å². The summed E-state index contributed by atoms with van der Waals surface area (Å²) in [6.45, 7) is 1.58. The number of aliphatic imine (C=N–C) groups is 1. The summed E-state index contributed by atoms with van der Waals surface area (Å²) in [4.78, 5) is 19.5. The van der Waals surface area contributed by atoms with Crippen molar-refractivity contribution in [2.24, 2.45) is 4.99 Å². The molecule has 0 unspecified atom stereocenters. The zero-order valence-corrected chi connectivity index (χ0v) is 15.7. The molecule has 1 aliphatic rings. The van der Waals surface area contributed by atoms with Gasteiger partial charge in [-0.2, -0.15) is 0 Å². The van der Waals surface area contributed by atoms with Gasteiger partial charge in [0.15, 0.2) is 0 Å². The van der Waals surface area contributed by atoms with Crippen LogP contribution in [0.25, 0.3) is 0 Å². The molecule has 2 atom stereocenters. The number of amides is 1. The van der Waals surface area contributed by atoms with E-state index in [2.05, 4.69) is 12.1 Å². The van der Waals surface area contributed by atoms with Gasteiger partial charge >= 0.3 is 0 Å². The number of nitrogens with zero attached hydrogens (tertiary/aromatic N) is 2. The molecule has 3 nitrogen and oxygen atoms in total. The average molecular weight is 375 g/mol. The quantitative estimate of drug-likeness (QED) is 0.601. The van der Waals surface area contributed by atoms with E-state index in [0.29, 0.717) is 10.9 Å². The fraction of sp³-hybridized carbons (Fsp3) is 0.130. The SMILES string of the molecule is CC(=O)N1C(c2ccccc2Cl)=N[C@@H](c2ccccc2)[C@@H]1c1ccccc1. The molecule has 3 aromatic carbocycles. The van der Waals surface area contributed by atoms with Gasteiger partial charge in [-0.05, 0) is 23.3 Å². The maximum atomic E-state index is 12.7. The van der Waals surface area contributed by atoms with Gasteiger partial charge in [0.25, 0.3) is 0 Å². The molecule has 1 amide bonds. The van der Waals surface area contributed by atoms with Crippen LogP contribution < -0.4 is 0 Å². The average Bonchev–Trinajstić information content (AvgIpc) is 3.10. The molecule has 3 aromatic rings. The predicted molar refractivity (Wildman–Crippen MR) is 109 cm³/mol. The van der Waals surface area contributed by atoms with Crippen LogP contribution in [0.2, 0.25) is 5.02 Å². The number of benzene rings is 3. The van der Waals surface area contributed by atoms with Crippen molar-refractivity contribution in [2.75, 3.05) is 0 Å². The highest BCUT2D eigenvalue weighted by atomic mass is 35.5. The Labute approximate surface area is 163 Å². The number of carbonyl (C=O) groups excluding carboxylic acids is 1. The Hall–Kier alpha value is -2.91. The maximum absolute atomic E-state index is 12.7. The molecule has 134 valence electrons. The number of halogens is 1. The Morgan fingerprint density at radius 2 is 1.41 bits per heavy atom. The number of amidine groups is 1. The first-order chi connectivity index (χ1) is 13.2. The number of rotatable bonds is 3. The second-order valence-corrected chi connectivity index (χ2v) is 6.94. The maximum Gasteiger partial charge on any atom is 0.225 e. The minimum absolute atomic E-state index is 0.0547. The minimum Gasteiger partial charge on any atom is -0.287 e. The first-order valence-electron chi connectivity index (χ1n) is 8.89. The van der Waals surface area contributed by atoms with Crippen molar-refractivity contribution >= 4 is 23.3 Å². The molecule has 0 fully saturated rings. The number of carbonyl (C=O) groups is 1. The zero-order chi connectivity index (χ0) is 18.8. The summed E-state index contributed by atoms with van der Waals surface area (Å²) in [5.74, 6) is 0.566.